The number of carboxylic acid groups (broad SMARTS) is 1. The van der Waals surface area contributed by atoms with Crippen molar-refractivity contribution in [1.29, 1.82) is 0 Å². The van der Waals surface area contributed by atoms with Gasteiger partial charge in [-0.25, -0.2) is 18.6 Å². The molecule has 216 valence electrons. The second-order valence-corrected chi connectivity index (χ2v) is 11.3. The van der Waals surface area contributed by atoms with Crippen LogP contribution in [0.5, 0.6) is 0 Å². The van der Waals surface area contributed by atoms with Crippen molar-refractivity contribution in [2.75, 3.05) is 51.1 Å². The van der Waals surface area contributed by atoms with Gasteiger partial charge in [0, 0.05) is 67.4 Å². The van der Waals surface area contributed by atoms with Crippen LogP contribution < -0.4 is 10.2 Å². The van der Waals surface area contributed by atoms with E-state index in [9.17, 15) is 14.3 Å². The average molecular weight is 573 g/mol. The Morgan fingerprint density at radius 2 is 2.05 bits per heavy atom. The highest BCUT2D eigenvalue weighted by Crippen LogP contribution is 2.46. The predicted molar refractivity (Wildman–Crippen MR) is 158 cm³/mol. The van der Waals surface area contributed by atoms with Gasteiger partial charge in [-0.05, 0) is 32.3 Å². The highest BCUT2D eigenvalue weighted by Gasteiger charge is 2.46. The SMILES string of the molecule is C=C1C(C(=O)O)=CC=C2C=CC(c3cnc4[nH]c5c(NC)cc(F)c(F)c5c4c3N3CC4OCC(N(C)C)C4C3)=CN12. The van der Waals surface area contributed by atoms with Gasteiger partial charge in [0.2, 0.25) is 0 Å². The summed E-state index contributed by atoms with van der Waals surface area (Å²) in [6, 6.07) is 1.37. The van der Waals surface area contributed by atoms with Crippen molar-refractivity contribution in [2.45, 2.75) is 12.1 Å². The standard InChI is InChI=1S/C31H30F2N6O3/c1-15-18(31(40)41)8-7-17-6-5-16(11-39(15)17)19-10-35-30-26(25-27(33)21(32)9-22(34-2)28(25)36-30)29(19)38-12-20-23(37(3)4)14-42-24(20)13-38/h5-11,20,23-24,34H,1,12-14H2,2-4H3,(H,35,36)(H,40,41). The Morgan fingerprint density at radius 1 is 1.24 bits per heavy atom. The maximum atomic E-state index is 15.7. The van der Waals surface area contributed by atoms with Crippen molar-refractivity contribution >= 4 is 44.9 Å². The molecule has 7 rings (SSSR count). The molecule has 0 aliphatic carbocycles. The van der Waals surface area contributed by atoms with Crippen LogP contribution in [0, 0.1) is 17.6 Å². The number of aromatic nitrogens is 2. The smallest absolute Gasteiger partial charge is 0.337 e. The number of aliphatic carboxylic acids is 1. The van der Waals surface area contributed by atoms with Crippen LogP contribution in [0.25, 0.3) is 27.5 Å². The molecule has 0 spiro atoms. The van der Waals surface area contributed by atoms with Crippen molar-refractivity contribution in [3.05, 3.63) is 83.5 Å². The van der Waals surface area contributed by atoms with Gasteiger partial charge >= 0.3 is 5.97 Å². The van der Waals surface area contributed by atoms with E-state index in [1.165, 1.54) is 6.08 Å². The first-order valence-electron chi connectivity index (χ1n) is 13.7. The molecule has 0 bridgehead atoms. The lowest BCUT2D eigenvalue weighted by Gasteiger charge is -2.32. The van der Waals surface area contributed by atoms with E-state index in [2.05, 4.69) is 31.7 Å². The minimum absolute atomic E-state index is 0.0105. The van der Waals surface area contributed by atoms with Crippen LogP contribution in [0.3, 0.4) is 0 Å². The Hall–Kier alpha value is -4.48. The van der Waals surface area contributed by atoms with Gasteiger partial charge in [0.25, 0.3) is 0 Å². The van der Waals surface area contributed by atoms with Crippen molar-refractivity contribution in [1.82, 2.24) is 19.8 Å². The van der Waals surface area contributed by atoms with Gasteiger partial charge in [-0.1, -0.05) is 12.7 Å². The predicted octanol–water partition coefficient (Wildman–Crippen LogP) is 4.44. The number of hydrogen-bond donors (Lipinski definition) is 3. The minimum atomic E-state index is -1.07. The molecule has 2 saturated heterocycles. The minimum Gasteiger partial charge on any atom is -0.478 e. The number of halogens is 2. The zero-order valence-electron chi connectivity index (χ0n) is 23.4. The third-order valence-corrected chi connectivity index (χ3v) is 8.84. The first kappa shape index (κ1) is 26.4. The number of anilines is 2. The fourth-order valence-electron chi connectivity index (χ4n) is 6.71. The number of aromatic amines is 1. The summed E-state index contributed by atoms with van der Waals surface area (Å²) in [6.07, 6.45) is 10.6. The molecule has 6 heterocycles. The van der Waals surface area contributed by atoms with Gasteiger partial charge in [-0.15, -0.1) is 0 Å². The number of hydrogen-bond acceptors (Lipinski definition) is 7. The molecule has 2 aromatic heterocycles. The molecule has 4 aliphatic rings. The fourth-order valence-corrected chi connectivity index (χ4v) is 6.71. The summed E-state index contributed by atoms with van der Waals surface area (Å²) >= 11 is 0. The lowest BCUT2D eigenvalue weighted by atomic mass is 9.97. The monoisotopic (exact) mass is 572 g/mol. The number of likely N-dealkylation sites (N-methyl/N-ethyl adjacent to an activating group) is 1. The van der Waals surface area contributed by atoms with E-state index in [0.717, 1.165) is 17.3 Å². The highest BCUT2D eigenvalue weighted by atomic mass is 19.2. The number of nitrogens with one attached hydrogen (secondary N) is 2. The number of carboxylic acids is 1. The summed E-state index contributed by atoms with van der Waals surface area (Å²) in [4.78, 5) is 25.8. The van der Waals surface area contributed by atoms with Crippen LogP contribution in [-0.2, 0) is 9.53 Å². The molecule has 1 aromatic carbocycles. The Morgan fingerprint density at radius 3 is 2.79 bits per heavy atom. The zero-order chi connectivity index (χ0) is 29.4. The van der Waals surface area contributed by atoms with E-state index < -0.39 is 17.6 Å². The third kappa shape index (κ3) is 3.80. The molecule has 9 nitrogen and oxygen atoms in total. The Balaban J connectivity index is 1.45. The lowest BCUT2D eigenvalue weighted by Crippen LogP contribution is -2.37. The summed E-state index contributed by atoms with van der Waals surface area (Å²) in [5.74, 6) is -2.75. The summed E-state index contributed by atoms with van der Waals surface area (Å²) in [6.45, 7) is 5.90. The molecule has 3 N–H and O–H groups in total. The molecule has 3 unspecified atom stereocenters. The van der Waals surface area contributed by atoms with Crippen molar-refractivity contribution < 1.29 is 23.4 Å². The number of fused-ring (bicyclic) bond motifs is 5. The normalized spacial score (nSPS) is 23.4. The van der Waals surface area contributed by atoms with Crippen LogP contribution >= 0.6 is 0 Å². The summed E-state index contributed by atoms with van der Waals surface area (Å²) in [7, 11) is 5.74. The highest BCUT2D eigenvalue weighted by molar-refractivity contribution is 6.17. The van der Waals surface area contributed by atoms with Crippen molar-refractivity contribution in [3.63, 3.8) is 0 Å². The maximum absolute atomic E-state index is 15.7. The largest absolute Gasteiger partial charge is 0.478 e. The molecule has 11 heteroatoms. The third-order valence-electron chi connectivity index (χ3n) is 8.84. The van der Waals surface area contributed by atoms with Gasteiger partial charge in [0.1, 0.15) is 5.65 Å². The summed E-state index contributed by atoms with van der Waals surface area (Å²) < 4.78 is 36.8. The van der Waals surface area contributed by atoms with Gasteiger partial charge in [0.15, 0.2) is 11.6 Å². The van der Waals surface area contributed by atoms with Gasteiger partial charge in [0.05, 0.1) is 51.6 Å². The number of allylic oxidation sites excluding steroid dienone is 5. The van der Waals surface area contributed by atoms with E-state index >= 15 is 4.39 Å². The fraction of sp³-hybridized carbons (Fsp3) is 0.290. The van der Waals surface area contributed by atoms with E-state index in [-0.39, 0.29) is 29.0 Å². The molecule has 3 aromatic rings. The first-order chi connectivity index (χ1) is 20.2. The number of pyridine rings is 1. The van der Waals surface area contributed by atoms with Crippen LogP contribution in [-0.4, -0.2) is 83.8 Å². The van der Waals surface area contributed by atoms with Crippen LogP contribution in [0.4, 0.5) is 20.2 Å². The first-order valence-corrected chi connectivity index (χ1v) is 13.7. The number of rotatable bonds is 5. The zero-order valence-corrected chi connectivity index (χ0v) is 23.4. The molecule has 0 amide bonds. The summed E-state index contributed by atoms with van der Waals surface area (Å²) in [5.41, 5.74) is 4.62. The molecule has 4 aliphatic heterocycles. The van der Waals surface area contributed by atoms with Crippen LogP contribution in [0.15, 0.2) is 66.3 Å². The summed E-state index contributed by atoms with van der Waals surface area (Å²) in [5, 5.41) is 13.2. The van der Waals surface area contributed by atoms with E-state index in [1.54, 1.807) is 24.2 Å². The second kappa shape index (κ2) is 9.53. The van der Waals surface area contributed by atoms with E-state index in [0.29, 0.717) is 58.9 Å². The lowest BCUT2D eigenvalue weighted by molar-refractivity contribution is -0.132. The van der Waals surface area contributed by atoms with Crippen molar-refractivity contribution in [2.24, 2.45) is 5.92 Å². The second-order valence-electron chi connectivity index (χ2n) is 11.3. The number of benzene rings is 1. The number of nitrogens with zero attached hydrogens (tertiary/aromatic N) is 4. The number of carbonyl (C=O) groups is 1. The number of H-pyrrole nitrogens is 1. The van der Waals surface area contributed by atoms with E-state index in [1.807, 2.05) is 32.4 Å². The number of ether oxygens (including phenoxy) is 1. The quantitative estimate of drug-likeness (QED) is 0.413. The topological polar surface area (TPSA) is 97.0 Å². The van der Waals surface area contributed by atoms with Crippen molar-refractivity contribution in [3.8, 4) is 0 Å². The van der Waals surface area contributed by atoms with Crippen LogP contribution in [0.1, 0.15) is 5.56 Å². The Bertz CT molecular complexity index is 1820. The van der Waals surface area contributed by atoms with Crippen LogP contribution in [0.2, 0.25) is 0 Å². The van der Waals surface area contributed by atoms with E-state index in [4.69, 9.17) is 4.74 Å². The van der Waals surface area contributed by atoms with Gasteiger partial charge in [-0.3, -0.25) is 0 Å². The van der Waals surface area contributed by atoms with Gasteiger partial charge in [-0.2, -0.15) is 0 Å². The molecule has 3 atom stereocenters. The molecular weight excluding hydrogens is 542 g/mol. The maximum Gasteiger partial charge on any atom is 0.337 e. The average Bonchev–Trinajstić information content (AvgIpc) is 3.67. The molecule has 42 heavy (non-hydrogen) atoms. The molecule has 2 fully saturated rings. The Labute approximate surface area is 240 Å². The van der Waals surface area contributed by atoms with Gasteiger partial charge < -0.3 is 34.8 Å². The molecular formula is C31H30F2N6O3. The molecule has 0 radical (unpaired) electrons. The molecule has 0 saturated carbocycles. The Kier molecular flexibility index (Phi) is 6.00.